The highest BCUT2D eigenvalue weighted by Crippen LogP contribution is 2.31. The van der Waals surface area contributed by atoms with E-state index in [1.807, 2.05) is 12.1 Å². The zero-order valence-corrected chi connectivity index (χ0v) is 14.3. The summed E-state index contributed by atoms with van der Waals surface area (Å²) in [6.07, 6.45) is 2.08. The summed E-state index contributed by atoms with van der Waals surface area (Å²) < 4.78 is 5.56. The zero-order chi connectivity index (χ0) is 16.2. The lowest BCUT2D eigenvalue weighted by Crippen LogP contribution is -2.48. The molecule has 6 heteroatoms. The maximum absolute atomic E-state index is 11.8. The van der Waals surface area contributed by atoms with Gasteiger partial charge in [-0.1, -0.05) is 17.7 Å². The largest absolute Gasteiger partial charge is 0.371 e. The van der Waals surface area contributed by atoms with Crippen molar-refractivity contribution < 1.29 is 9.53 Å². The van der Waals surface area contributed by atoms with Crippen molar-refractivity contribution in [3.05, 3.63) is 28.8 Å². The first-order valence-electron chi connectivity index (χ1n) is 8.27. The van der Waals surface area contributed by atoms with Gasteiger partial charge in [-0.25, -0.2) is 0 Å². The highest BCUT2D eigenvalue weighted by Gasteiger charge is 2.27. The third-order valence-corrected chi connectivity index (χ3v) is 4.97. The van der Waals surface area contributed by atoms with Gasteiger partial charge in [0, 0.05) is 56.0 Å². The molecular weight excluding hydrogens is 314 g/mol. The Morgan fingerprint density at radius 2 is 2.13 bits per heavy atom. The lowest BCUT2D eigenvalue weighted by Gasteiger charge is -2.33. The van der Waals surface area contributed by atoms with Gasteiger partial charge in [-0.15, -0.1) is 0 Å². The van der Waals surface area contributed by atoms with Crippen LogP contribution in [0.1, 0.15) is 18.4 Å². The Hall–Kier alpha value is -1.30. The Bertz CT molecular complexity index is 561. The van der Waals surface area contributed by atoms with Gasteiger partial charge < -0.3 is 15.0 Å². The summed E-state index contributed by atoms with van der Waals surface area (Å²) >= 11 is 6.49. The fraction of sp³-hybridized carbons (Fsp3) is 0.588. The van der Waals surface area contributed by atoms with Crippen LogP contribution < -0.4 is 10.2 Å². The third-order valence-electron chi connectivity index (χ3n) is 4.61. The van der Waals surface area contributed by atoms with Crippen molar-refractivity contribution in [3.63, 3.8) is 0 Å². The van der Waals surface area contributed by atoms with Gasteiger partial charge in [0.2, 0.25) is 5.91 Å². The molecule has 0 radical (unpaired) electrons. The van der Waals surface area contributed by atoms with Crippen molar-refractivity contribution >= 4 is 23.2 Å². The van der Waals surface area contributed by atoms with Crippen LogP contribution in [-0.4, -0.2) is 56.7 Å². The number of ether oxygens (including phenoxy) is 1. The summed E-state index contributed by atoms with van der Waals surface area (Å²) in [7, 11) is 1.64. The minimum Gasteiger partial charge on any atom is -0.371 e. The van der Waals surface area contributed by atoms with Gasteiger partial charge in [-0.3, -0.25) is 9.69 Å². The van der Waals surface area contributed by atoms with Crippen LogP contribution in [-0.2, 0) is 16.1 Å². The average molecular weight is 338 g/mol. The number of amides is 1. The zero-order valence-electron chi connectivity index (χ0n) is 13.6. The molecule has 23 heavy (non-hydrogen) atoms. The number of likely N-dealkylation sites (N-methyl/N-ethyl adjacent to an activating group) is 1. The number of carbonyl (C=O) groups is 1. The van der Waals surface area contributed by atoms with Gasteiger partial charge >= 0.3 is 0 Å². The van der Waals surface area contributed by atoms with E-state index in [0.717, 1.165) is 36.8 Å². The van der Waals surface area contributed by atoms with Crippen LogP contribution in [0, 0.1) is 0 Å². The molecule has 1 unspecified atom stereocenters. The van der Waals surface area contributed by atoms with E-state index in [1.54, 1.807) is 7.05 Å². The van der Waals surface area contributed by atoms with Gasteiger partial charge in [-0.2, -0.15) is 0 Å². The molecule has 1 aromatic carbocycles. The summed E-state index contributed by atoms with van der Waals surface area (Å²) in [6, 6.07) is 6.13. The van der Waals surface area contributed by atoms with Gasteiger partial charge in [0.25, 0.3) is 0 Å². The highest BCUT2D eigenvalue weighted by molar-refractivity contribution is 6.31. The van der Waals surface area contributed by atoms with Crippen molar-refractivity contribution in [2.24, 2.45) is 0 Å². The average Bonchev–Trinajstić information content (AvgIpc) is 3.10. The summed E-state index contributed by atoms with van der Waals surface area (Å²) in [5.74, 6) is -0.0615. The Labute approximate surface area is 142 Å². The monoisotopic (exact) mass is 337 g/mol. The molecule has 126 valence electrons. The molecule has 2 saturated heterocycles. The Kier molecular flexibility index (Phi) is 5.41. The smallest absolute Gasteiger partial charge is 0.250 e. The van der Waals surface area contributed by atoms with Crippen LogP contribution >= 0.6 is 11.6 Å². The fourth-order valence-electron chi connectivity index (χ4n) is 3.35. The molecule has 5 nitrogen and oxygen atoms in total. The third kappa shape index (κ3) is 3.79. The number of rotatable bonds is 4. The first-order valence-corrected chi connectivity index (χ1v) is 8.64. The van der Waals surface area contributed by atoms with Crippen LogP contribution in [0.3, 0.4) is 0 Å². The summed E-state index contributed by atoms with van der Waals surface area (Å²) in [6.45, 7) is 4.93. The number of hydrogen-bond acceptors (Lipinski definition) is 4. The lowest BCUT2D eigenvalue weighted by molar-refractivity contribution is -0.138. The van der Waals surface area contributed by atoms with E-state index < -0.39 is 6.10 Å². The van der Waals surface area contributed by atoms with Crippen LogP contribution in [0.4, 0.5) is 5.69 Å². The second-order valence-corrected chi connectivity index (χ2v) is 6.55. The van der Waals surface area contributed by atoms with E-state index >= 15 is 0 Å². The van der Waals surface area contributed by atoms with Crippen molar-refractivity contribution in [3.8, 4) is 0 Å². The maximum Gasteiger partial charge on any atom is 0.250 e. The number of carbonyl (C=O) groups excluding carboxylic acids is 1. The standard InChI is InChI=1S/C17H24ClN3O2/c1-19-17(22)16-12-20(9-10-23-16)11-13-14(18)5-4-6-15(13)21-7-2-3-8-21/h4-6,16H,2-3,7-12H2,1H3,(H,19,22). The predicted molar refractivity (Wildman–Crippen MR) is 92.0 cm³/mol. The minimum atomic E-state index is -0.397. The molecular formula is C17H24ClN3O2. The first-order chi connectivity index (χ1) is 11.2. The van der Waals surface area contributed by atoms with E-state index in [2.05, 4.69) is 21.2 Å². The molecule has 1 aromatic rings. The van der Waals surface area contributed by atoms with Gasteiger partial charge in [0.05, 0.1) is 6.61 Å². The molecule has 2 heterocycles. The van der Waals surface area contributed by atoms with Gasteiger partial charge in [-0.05, 0) is 25.0 Å². The fourth-order valence-corrected chi connectivity index (χ4v) is 3.58. The molecule has 1 atom stereocenters. The Balaban J connectivity index is 1.75. The second kappa shape index (κ2) is 7.51. The van der Waals surface area contributed by atoms with Crippen molar-refractivity contribution in [2.75, 3.05) is 44.7 Å². The molecule has 3 rings (SSSR count). The first kappa shape index (κ1) is 16.6. The van der Waals surface area contributed by atoms with Crippen molar-refractivity contribution in [2.45, 2.75) is 25.5 Å². The molecule has 2 aliphatic rings. The molecule has 0 aliphatic carbocycles. The van der Waals surface area contributed by atoms with E-state index in [1.165, 1.54) is 18.5 Å². The SMILES string of the molecule is CNC(=O)C1CN(Cc2c(Cl)cccc2N2CCCC2)CCO1. The molecule has 1 N–H and O–H groups in total. The molecule has 2 aliphatic heterocycles. The Morgan fingerprint density at radius 1 is 1.35 bits per heavy atom. The normalized spacial score (nSPS) is 22.3. The van der Waals surface area contributed by atoms with Gasteiger partial charge in [0.15, 0.2) is 0 Å². The quantitative estimate of drug-likeness (QED) is 0.911. The molecule has 1 amide bonds. The highest BCUT2D eigenvalue weighted by atomic mass is 35.5. The summed E-state index contributed by atoms with van der Waals surface area (Å²) in [5, 5.41) is 3.46. The van der Waals surface area contributed by atoms with E-state index in [0.29, 0.717) is 13.2 Å². The number of halogens is 1. The van der Waals surface area contributed by atoms with Crippen LogP contribution in [0.15, 0.2) is 18.2 Å². The number of nitrogens with zero attached hydrogens (tertiary/aromatic N) is 2. The van der Waals surface area contributed by atoms with Crippen LogP contribution in [0.5, 0.6) is 0 Å². The van der Waals surface area contributed by atoms with Gasteiger partial charge in [0.1, 0.15) is 6.10 Å². The van der Waals surface area contributed by atoms with Crippen LogP contribution in [0.2, 0.25) is 5.02 Å². The van der Waals surface area contributed by atoms with E-state index in [4.69, 9.17) is 16.3 Å². The molecule has 0 bridgehead atoms. The topological polar surface area (TPSA) is 44.8 Å². The molecule has 0 saturated carbocycles. The summed E-state index contributed by atoms with van der Waals surface area (Å²) in [5.41, 5.74) is 2.40. The number of hydrogen-bond donors (Lipinski definition) is 1. The minimum absolute atomic E-state index is 0.0615. The number of anilines is 1. The van der Waals surface area contributed by atoms with E-state index in [-0.39, 0.29) is 5.91 Å². The van der Waals surface area contributed by atoms with Crippen molar-refractivity contribution in [1.82, 2.24) is 10.2 Å². The Morgan fingerprint density at radius 3 is 2.87 bits per heavy atom. The van der Waals surface area contributed by atoms with Crippen LogP contribution in [0.25, 0.3) is 0 Å². The summed E-state index contributed by atoms with van der Waals surface area (Å²) in [4.78, 5) is 16.5. The predicted octanol–water partition coefficient (Wildman–Crippen LogP) is 1.89. The lowest BCUT2D eigenvalue weighted by atomic mass is 10.1. The molecule has 0 spiro atoms. The number of morpholine rings is 1. The molecule has 0 aromatic heterocycles. The van der Waals surface area contributed by atoms with E-state index in [9.17, 15) is 4.79 Å². The molecule has 2 fully saturated rings. The second-order valence-electron chi connectivity index (χ2n) is 6.14. The van der Waals surface area contributed by atoms with Crippen molar-refractivity contribution in [1.29, 1.82) is 0 Å². The number of benzene rings is 1. The number of nitrogens with one attached hydrogen (secondary N) is 1. The maximum atomic E-state index is 11.8.